The highest BCUT2D eigenvalue weighted by atomic mass is 16.1. The molecule has 1 atom stereocenters. The fourth-order valence-electron chi connectivity index (χ4n) is 2.49. The van der Waals surface area contributed by atoms with E-state index < -0.39 is 0 Å². The van der Waals surface area contributed by atoms with Gasteiger partial charge in [0.25, 0.3) is 5.91 Å². The van der Waals surface area contributed by atoms with Crippen LogP contribution in [0.3, 0.4) is 0 Å². The zero-order valence-electron chi connectivity index (χ0n) is 14.9. The molecule has 2 N–H and O–H groups in total. The van der Waals surface area contributed by atoms with Crippen LogP contribution in [0.1, 0.15) is 30.6 Å². The second kappa shape index (κ2) is 8.25. The number of rotatable bonds is 6. The van der Waals surface area contributed by atoms with Gasteiger partial charge in [-0.1, -0.05) is 43.3 Å². The summed E-state index contributed by atoms with van der Waals surface area (Å²) < 4.78 is 0. The molecule has 0 radical (unpaired) electrons. The van der Waals surface area contributed by atoms with Crippen LogP contribution in [0.5, 0.6) is 0 Å². The molecule has 0 bridgehead atoms. The molecule has 0 saturated carbocycles. The Balaban J connectivity index is 1.77. The molecule has 3 aromatic rings. The van der Waals surface area contributed by atoms with Crippen molar-refractivity contribution < 1.29 is 4.79 Å². The smallest absolute Gasteiger partial charge is 0.251 e. The average molecular weight is 346 g/mol. The molecule has 0 fully saturated rings. The third kappa shape index (κ3) is 4.45. The van der Waals surface area contributed by atoms with Crippen molar-refractivity contribution in [2.75, 3.05) is 5.32 Å². The molecule has 0 saturated heterocycles. The van der Waals surface area contributed by atoms with Crippen molar-refractivity contribution in [1.82, 2.24) is 15.3 Å². The summed E-state index contributed by atoms with van der Waals surface area (Å²) in [5.74, 6) is 0.606. The predicted octanol–water partition coefficient (Wildman–Crippen LogP) is 4.42. The van der Waals surface area contributed by atoms with Gasteiger partial charge in [0.05, 0.1) is 5.69 Å². The van der Waals surface area contributed by atoms with Crippen LogP contribution < -0.4 is 10.6 Å². The molecule has 1 heterocycles. The molecule has 26 heavy (non-hydrogen) atoms. The molecule has 0 aliphatic carbocycles. The lowest BCUT2D eigenvalue weighted by atomic mass is 10.1. The molecule has 1 unspecified atom stereocenters. The number of anilines is 2. The maximum Gasteiger partial charge on any atom is 0.251 e. The van der Waals surface area contributed by atoms with Crippen LogP contribution in [0.15, 0.2) is 67.0 Å². The van der Waals surface area contributed by atoms with Crippen LogP contribution >= 0.6 is 0 Å². The molecule has 2 aromatic carbocycles. The molecule has 3 rings (SSSR count). The first-order chi connectivity index (χ1) is 12.7. The highest BCUT2D eigenvalue weighted by Crippen LogP contribution is 2.21. The van der Waals surface area contributed by atoms with E-state index in [2.05, 4.69) is 20.6 Å². The van der Waals surface area contributed by atoms with E-state index in [0.29, 0.717) is 11.4 Å². The van der Waals surface area contributed by atoms with E-state index in [4.69, 9.17) is 0 Å². The summed E-state index contributed by atoms with van der Waals surface area (Å²) in [5, 5.41) is 6.22. The minimum Gasteiger partial charge on any atom is -0.350 e. The Hall–Kier alpha value is -3.21. The maximum absolute atomic E-state index is 12.3. The van der Waals surface area contributed by atoms with E-state index in [1.807, 2.05) is 68.4 Å². The second-order valence-electron chi connectivity index (χ2n) is 6.14. The van der Waals surface area contributed by atoms with Gasteiger partial charge < -0.3 is 10.6 Å². The fourth-order valence-corrected chi connectivity index (χ4v) is 2.49. The first kappa shape index (κ1) is 17.6. The zero-order valence-corrected chi connectivity index (χ0v) is 14.9. The van der Waals surface area contributed by atoms with Gasteiger partial charge in [-0.3, -0.25) is 4.79 Å². The molecular weight excluding hydrogens is 324 g/mol. The summed E-state index contributed by atoms with van der Waals surface area (Å²) in [7, 11) is 0. The number of aromatic nitrogens is 2. The lowest BCUT2D eigenvalue weighted by Crippen LogP contribution is -2.31. The first-order valence-electron chi connectivity index (χ1n) is 8.71. The van der Waals surface area contributed by atoms with E-state index in [0.717, 1.165) is 23.4 Å². The fraction of sp³-hybridized carbons (Fsp3) is 0.190. The Labute approximate surface area is 153 Å². The lowest BCUT2D eigenvalue weighted by Gasteiger charge is -2.12. The standard InChI is InChI=1S/C21H22N4O/c1-3-15(2)24-21(26)17-10-7-11-18(12-17)25-20-13-19(22-14-23-20)16-8-5-4-6-9-16/h4-15H,3H2,1-2H3,(H,24,26)(H,22,23,25). The third-order valence-corrected chi connectivity index (χ3v) is 4.12. The van der Waals surface area contributed by atoms with E-state index in [1.54, 1.807) is 6.07 Å². The summed E-state index contributed by atoms with van der Waals surface area (Å²) in [5.41, 5.74) is 3.29. The Kier molecular flexibility index (Phi) is 5.59. The molecule has 0 aliphatic heterocycles. The number of nitrogens with one attached hydrogen (secondary N) is 2. The lowest BCUT2D eigenvalue weighted by molar-refractivity contribution is 0.0939. The Morgan fingerprint density at radius 3 is 2.62 bits per heavy atom. The number of hydrogen-bond donors (Lipinski definition) is 2. The molecule has 1 aromatic heterocycles. The second-order valence-corrected chi connectivity index (χ2v) is 6.14. The van der Waals surface area contributed by atoms with Gasteiger partial charge in [0.1, 0.15) is 12.1 Å². The predicted molar refractivity (Wildman–Crippen MR) is 104 cm³/mol. The van der Waals surface area contributed by atoms with Crippen molar-refractivity contribution in [3.63, 3.8) is 0 Å². The van der Waals surface area contributed by atoms with Gasteiger partial charge in [0, 0.05) is 28.9 Å². The van der Waals surface area contributed by atoms with E-state index in [9.17, 15) is 4.79 Å². The van der Waals surface area contributed by atoms with Crippen molar-refractivity contribution in [2.24, 2.45) is 0 Å². The Morgan fingerprint density at radius 2 is 1.85 bits per heavy atom. The van der Waals surface area contributed by atoms with Crippen LogP contribution in [-0.2, 0) is 0 Å². The van der Waals surface area contributed by atoms with E-state index >= 15 is 0 Å². The Bertz CT molecular complexity index is 880. The largest absolute Gasteiger partial charge is 0.350 e. The van der Waals surface area contributed by atoms with Crippen molar-refractivity contribution in [2.45, 2.75) is 26.3 Å². The quantitative estimate of drug-likeness (QED) is 0.693. The maximum atomic E-state index is 12.3. The van der Waals surface area contributed by atoms with Gasteiger partial charge in [-0.2, -0.15) is 0 Å². The van der Waals surface area contributed by atoms with Gasteiger partial charge in [-0.15, -0.1) is 0 Å². The van der Waals surface area contributed by atoms with Crippen molar-refractivity contribution in [3.05, 3.63) is 72.6 Å². The van der Waals surface area contributed by atoms with Crippen molar-refractivity contribution >= 4 is 17.4 Å². The number of nitrogens with zero attached hydrogens (tertiary/aromatic N) is 2. The zero-order chi connectivity index (χ0) is 18.4. The summed E-state index contributed by atoms with van der Waals surface area (Å²) in [6.07, 6.45) is 2.43. The van der Waals surface area contributed by atoms with Crippen LogP contribution in [0.2, 0.25) is 0 Å². The van der Waals surface area contributed by atoms with Crippen molar-refractivity contribution in [3.8, 4) is 11.3 Å². The summed E-state index contributed by atoms with van der Waals surface area (Å²) >= 11 is 0. The SMILES string of the molecule is CCC(C)NC(=O)c1cccc(Nc2cc(-c3ccccc3)ncn2)c1. The number of amides is 1. The Morgan fingerprint density at radius 1 is 1.04 bits per heavy atom. The van der Waals surface area contributed by atoms with E-state index in [1.165, 1.54) is 6.33 Å². The molecule has 5 nitrogen and oxygen atoms in total. The van der Waals surface area contributed by atoms with Crippen LogP contribution in [-0.4, -0.2) is 21.9 Å². The highest BCUT2D eigenvalue weighted by Gasteiger charge is 2.09. The van der Waals surface area contributed by atoms with Gasteiger partial charge in [-0.05, 0) is 31.5 Å². The van der Waals surface area contributed by atoms with Crippen LogP contribution in [0.4, 0.5) is 11.5 Å². The molecule has 132 valence electrons. The van der Waals surface area contributed by atoms with Gasteiger partial charge >= 0.3 is 0 Å². The minimum absolute atomic E-state index is 0.0735. The van der Waals surface area contributed by atoms with Gasteiger partial charge in [0.15, 0.2) is 0 Å². The normalized spacial score (nSPS) is 11.6. The number of hydrogen-bond acceptors (Lipinski definition) is 4. The number of benzene rings is 2. The summed E-state index contributed by atoms with van der Waals surface area (Å²) in [4.78, 5) is 20.9. The number of carbonyl (C=O) groups excluding carboxylic acids is 1. The average Bonchev–Trinajstić information content (AvgIpc) is 2.69. The van der Waals surface area contributed by atoms with Gasteiger partial charge in [-0.25, -0.2) is 9.97 Å². The van der Waals surface area contributed by atoms with Gasteiger partial charge in [0.2, 0.25) is 0 Å². The molecule has 0 aliphatic rings. The topological polar surface area (TPSA) is 66.9 Å². The van der Waals surface area contributed by atoms with Crippen LogP contribution in [0.25, 0.3) is 11.3 Å². The highest BCUT2D eigenvalue weighted by molar-refractivity contribution is 5.95. The molecule has 0 spiro atoms. The molecule has 5 heteroatoms. The summed E-state index contributed by atoms with van der Waals surface area (Å²) in [6, 6.07) is 19.4. The van der Waals surface area contributed by atoms with E-state index in [-0.39, 0.29) is 11.9 Å². The molecular formula is C21H22N4O. The number of carbonyl (C=O) groups is 1. The minimum atomic E-state index is -0.0735. The first-order valence-corrected chi connectivity index (χ1v) is 8.71. The van der Waals surface area contributed by atoms with Crippen LogP contribution in [0, 0.1) is 0 Å². The monoisotopic (exact) mass is 346 g/mol. The third-order valence-electron chi connectivity index (χ3n) is 4.12. The van der Waals surface area contributed by atoms with Crippen molar-refractivity contribution in [1.29, 1.82) is 0 Å². The molecule has 1 amide bonds. The summed E-state index contributed by atoms with van der Waals surface area (Å²) in [6.45, 7) is 4.04.